The molecule has 0 aromatic rings. The van der Waals surface area contributed by atoms with E-state index >= 15 is 0 Å². The molecular formula is C20H36N8O8. The minimum Gasteiger partial charge on any atom is -0.481 e. The molecule has 0 aliphatic rings. The predicted octanol–water partition coefficient (Wildman–Crippen LogP) is -3.70. The van der Waals surface area contributed by atoms with Gasteiger partial charge in [-0.3, -0.25) is 29.0 Å². The van der Waals surface area contributed by atoms with E-state index < -0.39 is 78.5 Å². The van der Waals surface area contributed by atoms with E-state index in [1.807, 2.05) is 0 Å². The average molecular weight is 517 g/mol. The van der Waals surface area contributed by atoms with Crippen LogP contribution in [0.2, 0.25) is 0 Å². The Morgan fingerprint density at radius 1 is 0.833 bits per heavy atom. The van der Waals surface area contributed by atoms with Gasteiger partial charge in [0.05, 0.1) is 12.5 Å². The van der Waals surface area contributed by atoms with Crippen molar-refractivity contribution < 1.29 is 39.0 Å². The molecular weight excluding hydrogens is 480 g/mol. The number of nitrogens with two attached hydrogens (primary N) is 4. The number of carbonyl (C=O) groups is 6. The second kappa shape index (κ2) is 15.9. The predicted molar refractivity (Wildman–Crippen MR) is 127 cm³/mol. The highest BCUT2D eigenvalue weighted by molar-refractivity contribution is 5.96. The summed E-state index contributed by atoms with van der Waals surface area (Å²) in [6, 6.07) is -5.30. The molecule has 0 saturated heterocycles. The quantitative estimate of drug-likeness (QED) is 0.0514. The number of primary amides is 1. The summed E-state index contributed by atoms with van der Waals surface area (Å²) >= 11 is 0. The molecule has 0 radical (unpaired) electrons. The Morgan fingerprint density at radius 3 is 1.89 bits per heavy atom. The van der Waals surface area contributed by atoms with Crippen LogP contribution in [0.15, 0.2) is 4.99 Å². The first-order chi connectivity index (χ1) is 16.6. The van der Waals surface area contributed by atoms with Crippen molar-refractivity contribution in [2.75, 3.05) is 6.54 Å². The first-order valence-corrected chi connectivity index (χ1v) is 11.1. The lowest BCUT2D eigenvalue weighted by Crippen LogP contribution is -2.59. The van der Waals surface area contributed by atoms with Crippen molar-refractivity contribution in [3.8, 4) is 0 Å². The standard InChI is InChI=1S/C20H36N8O8/c1-9(2)15(18(34)26-11(19(35)36)4-3-7-25-20(23)24)28-17(33)12(8-13(22)29)27-16(32)10(21)5-6-14(30)31/h9-12,15H,3-8,21H2,1-2H3,(H2,22,29)(H,26,34)(H,27,32)(H,28,33)(H,30,31)(H,35,36)(H4,23,24,25). The van der Waals surface area contributed by atoms with Crippen molar-refractivity contribution in [2.45, 2.75) is 70.1 Å². The summed E-state index contributed by atoms with van der Waals surface area (Å²) < 4.78 is 0. The third-order valence-electron chi connectivity index (χ3n) is 4.85. The number of amides is 4. The third kappa shape index (κ3) is 13.1. The number of carbonyl (C=O) groups excluding carboxylic acids is 4. The molecule has 36 heavy (non-hydrogen) atoms. The van der Waals surface area contributed by atoms with E-state index in [-0.39, 0.29) is 31.8 Å². The van der Waals surface area contributed by atoms with Crippen molar-refractivity contribution in [3.63, 3.8) is 0 Å². The molecule has 4 amide bonds. The summed E-state index contributed by atoms with van der Waals surface area (Å²) in [5, 5.41) is 25.1. The first kappa shape index (κ1) is 32.0. The number of aliphatic imine (C=N–C) groups is 1. The lowest BCUT2D eigenvalue weighted by atomic mass is 10.0. The normalized spacial score (nSPS) is 14.0. The molecule has 0 aromatic heterocycles. The molecule has 0 aliphatic carbocycles. The summed E-state index contributed by atoms with van der Waals surface area (Å²) in [5.74, 6) is -6.75. The Morgan fingerprint density at radius 2 is 1.42 bits per heavy atom. The van der Waals surface area contributed by atoms with Crippen LogP contribution in [0.5, 0.6) is 0 Å². The van der Waals surface area contributed by atoms with Gasteiger partial charge in [-0.2, -0.15) is 0 Å². The number of carboxylic acids is 2. The van der Waals surface area contributed by atoms with Crippen LogP contribution in [0.1, 0.15) is 46.0 Å². The molecule has 0 bridgehead atoms. The van der Waals surface area contributed by atoms with Gasteiger partial charge in [0.2, 0.25) is 23.6 Å². The molecule has 0 aliphatic heterocycles. The number of carboxylic acid groups (broad SMARTS) is 2. The molecule has 0 heterocycles. The molecule has 13 N–H and O–H groups in total. The second-order valence-corrected chi connectivity index (χ2v) is 8.35. The fourth-order valence-corrected chi connectivity index (χ4v) is 2.91. The number of nitrogens with one attached hydrogen (secondary N) is 3. The number of rotatable bonds is 17. The lowest BCUT2D eigenvalue weighted by Gasteiger charge is -2.26. The summed E-state index contributed by atoms with van der Waals surface area (Å²) in [7, 11) is 0. The first-order valence-electron chi connectivity index (χ1n) is 11.1. The maximum atomic E-state index is 12.8. The van der Waals surface area contributed by atoms with Crippen molar-refractivity contribution in [2.24, 2.45) is 33.8 Å². The van der Waals surface area contributed by atoms with Crippen LogP contribution in [-0.2, 0) is 28.8 Å². The smallest absolute Gasteiger partial charge is 0.326 e. The monoisotopic (exact) mass is 516 g/mol. The van der Waals surface area contributed by atoms with E-state index in [1.165, 1.54) is 0 Å². The van der Waals surface area contributed by atoms with Crippen LogP contribution < -0.4 is 38.9 Å². The van der Waals surface area contributed by atoms with Crippen LogP contribution >= 0.6 is 0 Å². The Kier molecular flexibility index (Phi) is 14.1. The van der Waals surface area contributed by atoms with Crippen molar-refractivity contribution >= 4 is 41.5 Å². The molecule has 0 aromatic carbocycles. The molecule has 0 fully saturated rings. The summed E-state index contributed by atoms with van der Waals surface area (Å²) in [4.78, 5) is 75.3. The zero-order valence-electron chi connectivity index (χ0n) is 20.2. The minimum absolute atomic E-state index is 0.00516. The van der Waals surface area contributed by atoms with Gasteiger partial charge in [0.1, 0.15) is 18.1 Å². The largest absolute Gasteiger partial charge is 0.481 e. The van der Waals surface area contributed by atoms with E-state index in [0.29, 0.717) is 0 Å². The van der Waals surface area contributed by atoms with Gasteiger partial charge in [-0.05, 0) is 25.2 Å². The zero-order valence-corrected chi connectivity index (χ0v) is 20.2. The fraction of sp³-hybridized carbons (Fsp3) is 0.650. The Bertz CT molecular complexity index is 844. The van der Waals surface area contributed by atoms with Crippen molar-refractivity contribution in [1.29, 1.82) is 0 Å². The molecule has 4 atom stereocenters. The van der Waals surface area contributed by atoms with Crippen LogP contribution in [-0.4, -0.2) is 82.5 Å². The van der Waals surface area contributed by atoms with E-state index in [0.717, 1.165) is 0 Å². The van der Waals surface area contributed by atoms with Crippen LogP contribution in [0.4, 0.5) is 0 Å². The molecule has 204 valence electrons. The Hall–Kier alpha value is -3.95. The van der Waals surface area contributed by atoms with E-state index in [4.69, 9.17) is 28.0 Å². The number of guanidine groups is 1. The highest BCUT2D eigenvalue weighted by Crippen LogP contribution is 2.07. The summed E-state index contributed by atoms with van der Waals surface area (Å²) in [6.07, 6.45) is -0.984. The molecule has 16 nitrogen and oxygen atoms in total. The summed E-state index contributed by atoms with van der Waals surface area (Å²) in [6.45, 7) is 3.32. The highest BCUT2D eigenvalue weighted by Gasteiger charge is 2.32. The highest BCUT2D eigenvalue weighted by atomic mass is 16.4. The van der Waals surface area contributed by atoms with E-state index in [1.54, 1.807) is 13.8 Å². The number of nitrogens with zero attached hydrogens (tertiary/aromatic N) is 1. The fourth-order valence-electron chi connectivity index (χ4n) is 2.91. The van der Waals surface area contributed by atoms with Gasteiger partial charge in [0.15, 0.2) is 5.96 Å². The van der Waals surface area contributed by atoms with Crippen molar-refractivity contribution in [1.82, 2.24) is 16.0 Å². The van der Waals surface area contributed by atoms with Gasteiger partial charge < -0.3 is 49.1 Å². The lowest BCUT2D eigenvalue weighted by molar-refractivity contribution is -0.143. The average Bonchev–Trinajstić information content (AvgIpc) is 2.75. The topological polar surface area (TPSA) is 295 Å². The van der Waals surface area contributed by atoms with E-state index in [2.05, 4.69) is 20.9 Å². The van der Waals surface area contributed by atoms with Crippen molar-refractivity contribution in [3.05, 3.63) is 0 Å². The molecule has 0 rings (SSSR count). The molecule has 16 heteroatoms. The molecule has 0 spiro atoms. The maximum Gasteiger partial charge on any atom is 0.326 e. The van der Waals surface area contributed by atoms with Gasteiger partial charge in [-0.1, -0.05) is 13.8 Å². The van der Waals surface area contributed by atoms with Gasteiger partial charge in [-0.15, -0.1) is 0 Å². The minimum atomic E-state index is -1.50. The van der Waals surface area contributed by atoms with Gasteiger partial charge in [-0.25, -0.2) is 4.79 Å². The van der Waals surface area contributed by atoms with Crippen LogP contribution in [0, 0.1) is 5.92 Å². The summed E-state index contributed by atoms with van der Waals surface area (Å²) in [5.41, 5.74) is 21.2. The third-order valence-corrected chi connectivity index (χ3v) is 4.85. The SMILES string of the molecule is CC(C)C(NC(=O)C(CC(N)=O)NC(=O)C(N)CCC(=O)O)C(=O)NC(CCCN=C(N)N)C(=O)O. The van der Waals surface area contributed by atoms with Gasteiger partial charge >= 0.3 is 11.9 Å². The van der Waals surface area contributed by atoms with Crippen LogP contribution in [0.3, 0.4) is 0 Å². The molecule has 4 unspecified atom stereocenters. The molecule has 0 saturated carbocycles. The van der Waals surface area contributed by atoms with Gasteiger partial charge in [0, 0.05) is 13.0 Å². The number of aliphatic carboxylic acids is 2. The number of hydrogen-bond acceptors (Lipinski definition) is 8. The maximum absolute atomic E-state index is 12.8. The van der Waals surface area contributed by atoms with Crippen LogP contribution in [0.25, 0.3) is 0 Å². The van der Waals surface area contributed by atoms with Gasteiger partial charge in [0.25, 0.3) is 0 Å². The second-order valence-electron chi connectivity index (χ2n) is 8.35. The Labute approximate surface area is 207 Å². The van der Waals surface area contributed by atoms with E-state index in [9.17, 15) is 33.9 Å². The Balaban J connectivity index is 5.38. The zero-order chi connectivity index (χ0) is 28.0. The number of hydrogen-bond donors (Lipinski definition) is 9.